The molecule has 0 spiro atoms. The van der Waals surface area contributed by atoms with E-state index >= 15 is 0 Å². The number of ether oxygens (including phenoxy) is 3. The van der Waals surface area contributed by atoms with E-state index in [9.17, 15) is 4.79 Å². The highest BCUT2D eigenvalue weighted by Crippen LogP contribution is 2.28. The summed E-state index contributed by atoms with van der Waals surface area (Å²) in [5.74, 6) is 2.64. The van der Waals surface area contributed by atoms with Crippen LogP contribution in [0.4, 0.5) is 0 Å². The summed E-state index contributed by atoms with van der Waals surface area (Å²) in [6, 6.07) is 20.6. The first-order valence-electron chi connectivity index (χ1n) is 10.0. The predicted octanol–water partition coefficient (Wildman–Crippen LogP) is 4.47. The molecule has 1 heterocycles. The lowest BCUT2D eigenvalue weighted by Gasteiger charge is -2.16. The van der Waals surface area contributed by atoms with Crippen LogP contribution in [0.5, 0.6) is 17.2 Å². The zero-order valence-electron chi connectivity index (χ0n) is 17.8. The van der Waals surface area contributed by atoms with Crippen LogP contribution in [0.1, 0.15) is 5.56 Å². The van der Waals surface area contributed by atoms with Gasteiger partial charge in [0.15, 0.2) is 11.5 Å². The van der Waals surface area contributed by atoms with Gasteiger partial charge in [-0.25, -0.2) is 4.98 Å². The quantitative estimate of drug-likeness (QED) is 0.445. The summed E-state index contributed by atoms with van der Waals surface area (Å²) in [7, 11) is 3.23. The van der Waals surface area contributed by atoms with Crippen molar-refractivity contribution in [2.24, 2.45) is 0 Å². The molecular formula is C25H24N2O4. The van der Waals surface area contributed by atoms with Crippen molar-refractivity contribution in [2.45, 2.75) is 13.5 Å². The first-order chi connectivity index (χ1) is 15.1. The number of benzene rings is 3. The molecule has 158 valence electrons. The molecule has 6 heteroatoms. The minimum atomic E-state index is -0.101. The van der Waals surface area contributed by atoms with Crippen LogP contribution in [0.25, 0.3) is 22.3 Å². The summed E-state index contributed by atoms with van der Waals surface area (Å²) in [6.45, 7) is 2.63. The van der Waals surface area contributed by atoms with Crippen LogP contribution in [-0.2, 0) is 6.54 Å². The van der Waals surface area contributed by atoms with Crippen LogP contribution in [0.3, 0.4) is 0 Å². The Kier molecular flexibility index (Phi) is 5.89. The molecular weight excluding hydrogens is 392 g/mol. The van der Waals surface area contributed by atoms with E-state index in [1.54, 1.807) is 24.9 Å². The number of hydrogen-bond acceptors (Lipinski definition) is 5. The second-order valence-electron chi connectivity index (χ2n) is 7.14. The van der Waals surface area contributed by atoms with Gasteiger partial charge in [-0.05, 0) is 61.0 Å². The van der Waals surface area contributed by atoms with Gasteiger partial charge in [0.1, 0.15) is 18.2 Å². The molecule has 4 aromatic rings. The van der Waals surface area contributed by atoms with Gasteiger partial charge in [0, 0.05) is 5.56 Å². The topological polar surface area (TPSA) is 62.6 Å². The Morgan fingerprint density at radius 3 is 2.42 bits per heavy atom. The van der Waals surface area contributed by atoms with Crippen molar-refractivity contribution < 1.29 is 14.2 Å². The fourth-order valence-corrected chi connectivity index (χ4v) is 3.48. The van der Waals surface area contributed by atoms with Crippen molar-refractivity contribution in [3.8, 4) is 28.6 Å². The standard InChI is InChI=1S/C25H24N2O4/c1-17-8-13-22(23(16-17)30-3)31-15-14-27-24(18-9-11-19(29-2)12-10-18)26-21-7-5-4-6-20(21)25(27)28/h4-13,16H,14-15H2,1-3H3. The zero-order valence-corrected chi connectivity index (χ0v) is 17.8. The third-order valence-corrected chi connectivity index (χ3v) is 5.10. The molecule has 0 aliphatic heterocycles. The fourth-order valence-electron chi connectivity index (χ4n) is 3.48. The molecule has 6 nitrogen and oxygen atoms in total. The van der Waals surface area contributed by atoms with E-state index in [1.807, 2.05) is 67.6 Å². The number of aryl methyl sites for hydroxylation is 1. The molecule has 0 N–H and O–H groups in total. The normalized spacial score (nSPS) is 10.8. The Bertz CT molecular complexity index is 1260. The van der Waals surface area contributed by atoms with Gasteiger partial charge < -0.3 is 14.2 Å². The Labute approximate surface area is 180 Å². The molecule has 0 radical (unpaired) electrons. The van der Waals surface area contributed by atoms with E-state index in [0.717, 1.165) is 16.9 Å². The summed E-state index contributed by atoms with van der Waals surface area (Å²) in [5.41, 5.74) is 2.48. The maximum atomic E-state index is 13.3. The third-order valence-electron chi connectivity index (χ3n) is 5.10. The lowest BCUT2D eigenvalue weighted by molar-refractivity contribution is 0.278. The van der Waals surface area contributed by atoms with Crippen molar-refractivity contribution in [2.75, 3.05) is 20.8 Å². The Hall–Kier alpha value is -3.80. The molecule has 0 aliphatic carbocycles. The average molecular weight is 416 g/mol. The third kappa shape index (κ3) is 4.23. The molecule has 0 amide bonds. The summed E-state index contributed by atoms with van der Waals surface area (Å²) >= 11 is 0. The monoisotopic (exact) mass is 416 g/mol. The van der Waals surface area contributed by atoms with E-state index in [2.05, 4.69) is 0 Å². The van der Waals surface area contributed by atoms with Crippen LogP contribution in [-0.4, -0.2) is 30.4 Å². The van der Waals surface area contributed by atoms with Crippen molar-refractivity contribution >= 4 is 10.9 Å². The summed E-state index contributed by atoms with van der Waals surface area (Å²) in [5, 5.41) is 0.577. The van der Waals surface area contributed by atoms with Crippen molar-refractivity contribution in [1.82, 2.24) is 9.55 Å². The van der Waals surface area contributed by atoms with E-state index < -0.39 is 0 Å². The number of hydrogen-bond donors (Lipinski definition) is 0. The highest BCUT2D eigenvalue weighted by molar-refractivity contribution is 5.79. The number of aromatic nitrogens is 2. The van der Waals surface area contributed by atoms with Gasteiger partial charge in [-0.1, -0.05) is 18.2 Å². The number of rotatable bonds is 7. The summed E-state index contributed by atoms with van der Waals surface area (Å²) < 4.78 is 18.3. The van der Waals surface area contributed by atoms with E-state index in [-0.39, 0.29) is 5.56 Å². The first kappa shape index (κ1) is 20.5. The molecule has 0 unspecified atom stereocenters. The molecule has 1 aromatic heterocycles. The molecule has 0 saturated carbocycles. The second kappa shape index (κ2) is 8.92. The summed E-state index contributed by atoms with van der Waals surface area (Å²) in [6.07, 6.45) is 0. The molecule has 0 atom stereocenters. The fraction of sp³-hybridized carbons (Fsp3) is 0.200. The number of para-hydroxylation sites is 1. The van der Waals surface area contributed by atoms with Gasteiger partial charge in [0.25, 0.3) is 5.56 Å². The van der Waals surface area contributed by atoms with Gasteiger partial charge in [0.05, 0.1) is 31.7 Å². The number of nitrogens with zero attached hydrogens (tertiary/aromatic N) is 2. The van der Waals surface area contributed by atoms with Crippen molar-refractivity contribution in [1.29, 1.82) is 0 Å². The molecule has 0 aliphatic rings. The van der Waals surface area contributed by atoms with Gasteiger partial charge in [-0.15, -0.1) is 0 Å². The first-order valence-corrected chi connectivity index (χ1v) is 10.0. The molecule has 0 fully saturated rings. The smallest absolute Gasteiger partial charge is 0.261 e. The van der Waals surface area contributed by atoms with Crippen molar-refractivity contribution in [3.63, 3.8) is 0 Å². The second-order valence-corrected chi connectivity index (χ2v) is 7.14. The van der Waals surface area contributed by atoms with Crippen LogP contribution >= 0.6 is 0 Å². The molecule has 3 aromatic carbocycles. The van der Waals surface area contributed by atoms with Gasteiger partial charge in [0.2, 0.25) is 0 Å². The SMILES string of the molecule is COc1ccc(-c2nc3ccccc3c(=O)n2CCOc2ccc(C)cc2OC)cc1. The predicted molar refractivity (Wildman–Crippen MR) is 121 cm³/mol. The minimum absolute atomic E-state index is 0.101. The Balaban J connectivity index is 1.70. The zero-order chi connectivity index (χ0) is 21.8. The average Bonchev–Trinajstić information content (AvgIpc) is 2.81. The van der Waals surface area contributed by atoms with Crippen LogP contribution in [0.15, 0.2) is 71.5 Å². The van der Waals surface area contributed by atoms with Gasteiger partial charge in [-0.2, -0.15) is 0 Å². The van der Waals surface area contributed by atoms with Crippen LogP contribution < -0.4 is 19.8 Å². The summed E-state index contributed by atoms with van der Waals surface area (Å²) in [4.78, 5) is 18.0. The van der Waals surface area contributed by atoms with Crippen LogP contribution in [0.2, 0.25) is 0 Å². The Morgan fingerprint density at radius 2 is 1.68 bits per heavy atom. The largest absolute Gasteiger partial charge is 0.497 e. The lowest BCUT2D eigenvalue weighted by atomic mass is 10.1. The van der Waals surface area contributed by atoms with Gasteiger partial charge >= 0.3 is 0 Å². The highest BCUT2D eigenvalue weighted by atomic mass is 16.5. The van der Waals surface area contributed by atoms with E-state index in [1.165, 1.54) is 0 Å². The lowest BCUT2D eigenvalue weighted by Crippen LogP contribution is -2.26. The maximum Gasteiger partial charge on any atom is 0.261 e. The van der Waals surface area contributed by atoms with Crippen LogP contribution in [0, 0.1) is 6.92 Å². The maximum absolute atomic E-state index is 13.3. The molecule has 0 bridgehead atoms. The van der Waals surface area contributed by atoms with E-state index in [4.69, 9.17) is 19.2 Å². The molecule has 0 saturated heterocycles. The number of methoxy groups -OCH3 is 2. The number of fused-ring (bicyclic) bond motifs is 1. The van der Waals surface area contributed by atoms with E-state index in [0.29, 0.717) is 41.4 Å². The molecule has 31 heavy (non-hydrogen) atoms. The Morgan fingerprint density at radius 1 is 0.903 bits per heavy atom. The van der Waals surface area contributed by atoms with Gasteiger partial charge in [-0.3, -0.25) is 9.36 Å². The minimum Gasteiger partial charge on any atom is -0.497 e. The molecule has 4 rings (SSSR count). The van der Waals surface area contributed by atoms with Crippen molar-refractivity contribution in [3.05, 3.63) is 82.6 Å². The highest BCUT2D eigenvalue weighted by Gasteiger charge is 2.13.